The molecule has 0 aromatic heterocycles. The van der Waals surface area contributed by atoms with E-state index in [1.165, 1.54) is 11.1 Å². The van der Waals surface area contributed by atoms with Crippen molar-refractivity contribution in [2.45, 2.75) is 26.3 Å². The van der Waals surface area contributed by atoms with Gasteiger partial charge in [0.15, 0.2) is 0 Å². The van der Waals surface area contributed by atoms with E-state index in [9.17, 15) is 4.57 Å². The van der Waals surface area contributed by atoms with Crippen LogP contribution in [0.25, 0.3) is 0 Å². The van der Waals surface area contributed by atoms with Crippen LogP contribution in [0.15, 0.2) is 24.3 Å². The number of phosphoric acid groups is 1. The number of aryl methyl sites for hydroxylation is 1. The van der Waals surface area contributed by atoms with Crippen molar-refractivity contribution in [1.29, 1.82) is 0 Å². The first kappa shape index (κ1) is 17.3. The molecule has 0 fully saturated rings. The molecule has 6 heteroatoms. The van der Waals surface area contributed by atoms with Crippen LogP contribution in [0.5, 0.6) is 0 Å². The lowest BCUT2D eigenvalue weighted by Gasteiger charge is -2.21. The van der Waals surface area contributed by atoms with Gasteiger partial charge in [-0.05, 0) is 31.9 Å². The fraction of sp³-hybridized carbons (Fsp3) is 0.500. The van der Waals surface area contributed by atoms with Crippen LogP contribution < -0.4 is 5.73 Å². The Balaban J connectivity index is 0.000000360. The summed E-state index contributed by atoms with van der Waals surface area (Å²) in [6.45, 7) is 6.13. The molecule has 0 unspecified atom stereocenters. The molecule has 0 aliphatic carbocycles. The Morgan fingerprint density at radius 1 is 1.22 bits per heavy atom. The van der Waals surface area contributed by atoms with Crippen LogP contribution in [0.2, 0.25) is 0 Å². The van der Waals surface area contributed by atoms with Gasteiger partial charge in [0, 0.05) is 19.8 Å². The third kappa shape index (κ3) is 6.28. The van der Waals surface area contributed by atoms with Crippen LogP contribution in [0.1, 0.15) is 25.0 Å². The summed E-state index contributed by atoms with van der Waals surface area (Å²) >= 11 is 0. The number of benzene rings is 1. The molecule has 0 spiro atoms. The van der Waals surface area contributed by atoms with E-state index in [2.05, 4.69) is 28.1 Å². The molecule has 18 heavy (non-hydrogen) atoms. The molecule has 1 rings (SSSR count). The van der Waals surface area contributed by atoms with E-state index in [1.807, 2.05) is 26.0 Å². The van der Waals surface area contributed by atoms with Gasteiger partial charge in [-0.1, -0.05) is 24.3 Å². The Hall–Kier alpha value is -0.710. The van der Waals surface area contributed by atoms with Crippen LogP contribution >= 0.6 is 7.82 Å². The highest BCUT2D eigenvalue weighted by Crippen LogP contribution is 2.40. The van der Waals surface area contributed by atoms with Gasteiger partial charge in [0.05, 0.1) is 0 Å². The second-order valence-electron chi connectivity index (χ2n) is 4.37. The largest absolute Gasteiger partial charge is 0.471 e. The normalized spacial score (nSPS) is 11.7. The van der Waals surface area contributed by atoms with E-state index in [0.29, 0.717) is 0 Å². The van der Waals surface area contributed by atoms with Crippen LogP contribution in [0.4, 0.5) is 0 Å². The van der Waals surface area contributed by atoms with E-state index in [1.54, 1.807) is 0 Å². The zero-order valence-corrected chi connectivity index (χ0v) is 12.4. The fourth-order valence-corrected chi connectivity index (χ4v) is 1.52. The smallest absolute Gasteiger partial charge is 0.322 e. The monoisotopic (exact) mass is 275 g/mol. The van der Waals surface area contributed by atoms with Crippen molar-refractivity contribution in [3.63, 3.8) is 0 Å². The van der Waals surface area contributed by atoms with E-state index < -0.39 is 7.82 Å². The number of phosphoric ester groups is 1. The Kier molecular flexibility index (Phi) is 6.74. The van der Waals surface area contributed by atoms with Crippen molar-refractivity contribution in [1.82, 2.24) is 0 Å². The quantitative estimate of drug-likeness (QED) is 0.828. The summed E-state index contributed by atoms with van der Waals surface area (Å²) in [6, 6.07) is 8.22. The lowest BCUT2D eigenvalue weighted by Crippen LogP contribution is -2.29. The first-order chi connectivity index (χ1) is 8.14. The third-order valence-electron chi connectivity index (χ3n) is 2.30. The lowest BCUT2D eigenvalue weighted by atomic mass is 9.92. The second-order valence-corrected chi connectivity index (χ2v) is 6.04. The molecule has 3 N–H and O–H groups in total. The molecule has 0 aliphatic rings. The van der Waals surface area contributed by atoms with Crippen LogP contribution in [0, 0.1) is 6.92 Å². The molecular formula is C12H22NO4P. The Labute approximate surface area is 109 Å². The van der Waals surface area contributed by atoms with Crippen molar-refractivity contribution in [2.24, 2.45) is 5.73 Å². The number of hydrogen-bond acceptors (Lipinski definition) is 4. The summed E-state index contributed by atoms with van der Waals surface area (Å²) in [6.07, 6.45) is 0. The maximum absolute atomic E-state index is 10.1. The second kappa shape index (κ2) is 7.02. The fourth-order valence-electron chi connectivity index (χ4n) is 1.37. The molecule has 0 saturated heterocycles. The van der Waals surface area contributed by atoms with Gasteiger partial charge in [0.1, 0.15) is 0 Å². The van der Waals surface area contributed by atoms with Crippen molar-refractivity contribution in [3.05, 3.63) is 35.4 Å². The van der Waals surface area contributed by atoms with Gasteiger partial charge in [-0.3, -0.25) is 9.05 Å². The van der Waals surface area contributed by atoms with E-state index in [-0.39, 0.29) is 5.54 Å². The summed E-state index contributed by atoms with van der Waals surface area (Å²) in [4.78, 5) is 8.24. The maximum atomic E-state index is 10.1. The molecule has 0 atom stereocenters. The van der Waals surface area contributed by atoms with Gasteiger partial charge in [0.2, 0.25) is 0 Å². The van der Waals surface area contributed by atoms with Gasteiger partial charge < -0.3 is 10.6 Å². The molecule has 0 saturated carbocycles. The predicted octanol–water partition coefficient (Wildman–Crippen LogP) is 2.57. The molecule has 5 nitrogen and oxygen atoms in total. The van der Waals surface area contributed by atoms with Gasteiger partial charge in [-0.25, -0.2) is 4.57 Å². The van der Waals surface area contributed by atoms with Gasteiger partial charge in [0.25, 0.3) is 0 Å². The van der Waals surface area contributed by atoms with Gasteiger partial charge in [-0.2, -0.15) is 0 Å². The minimum Gasteiger partial charge on any atom is -0.322 e. The minimum absolute atomic E-state index is 0.217. The molecule has 0 bridgehead atoms. The van der Waals surface area contributed by atoms with Crippen molar-refractivity contribution in [3.8, 4) is 0 Å². The predicted molar refractivity (Wildman–Crippen MR) is 72.2 cm³/mol. The van der Waals surface area contributed by atoms with Crippen LogP contribution in [-0.2, 0) is 19.2 Å². The summed E-state index contributed by atoms with van der Waals surface area (Å²) in [5.74, 6) is 0. The Morgan fingerprint density at radius 3 is 1.89 bits per heavy atom. The highest BCUT2D eigenvalue weighted by atomic mass is 31.2. The van der Waals surface area contributed by atoms with Gasteiger partial charge >= 0.3 is 7.82 Å². The summed E-state index contributed by atoms with van der Waals surface area (Å²) in [5.41, 5.74) is 8.23. The molecule has 104 valence electrons. The van der Waals surface area contributed by atoms with Crippen molar-refractivity contribution < 1.29 is 18.5 Å². The van der Waals surface area contributed by atoms with Crippen molar-refractivity contribution in [2.75, 3.05) is 14.2 Å². The minimum atomic E-state index is -3.65. The van der Waals surface area contributed by atoms with Crippen molar-refractivity contribution >= 4 is 7.82 Å². The molecule has 1 aromatic rings. The standard InChI is InChI=1S/C10H15N.C2H7O4P/c1-8-6-4-5-7-9(8)10(2,3)11;1-5-7(3,4)6-2/h4-7H,11H2,1-3H3;1-2H3,(H,3,4). The molecule has 0 radical (unpaired) electrons. The zero-order valence-electron chi connectivity index (χ0n) is 11.5. The van der Waals surface area contributed by atoms with E-state index in [0.717, 1.165) is 14.2 Å². The molecule has 0 heterocycles. The van der Waals surface area contributed by atoms with Crippen LogP contribution in [0.3, 0.4) is 0 Å². The van der Waals surface area contributed by atoms with Gasteiger partial charge in [-0.15, -0.1) is 0 Å². The first-order valence-corrected chi connectivity index (χ1v) is 6.93. The lowest BCUT2D eigenvalue weighted by molar-refractivity contribution is 0.204. The third-order valence-corrected chi connectivity index (χ3v) is 3.22. The maximum Gasteiger partial charge on any atom is 0.471 e. The summed E-state index contributed by atoms with van der Waals surface area (Å²) in [5, 5.41) is 0. The number of rotatable bonds is 3. The SMILES string of the molecule is COP(=O)(O)OC.Cc1ccccc1C(C)(C)N. The summed E-state index contributed by atoms with van der Waals surface area (Å²) < 4.78 is 18.0. The number of nitrogens with two attached hydrogens (primary N) is 1. The highest BCUT2D eigenvalue weighted by molar-refractivity contribution is 7.47. The van der Waals surface area contributed by atoms with E-state index in [4.69, 9.17) is 10.6 Å². The topological polar surface area (TPSA) is 81.8 Å². The molecule has 0 aliphatic heterocycles. The average molecular weight is 275 g/mol. The first-order valence-electron chi connectivity index (χ1n) is 5.43. The molecular weight excluding hydrogens is 253 g/mol. The summed E-state index contributed by atoms with van der Waals surface area (Å²) in [7, 11) is -1.45. The Bertz CT molecular complexity index is 407. The molecule has 0 amide bonds. The van der Waals surface area contributed by atoms with E-state index >= 15 is 0 Å². The molecule has 1 aromatic carbocycles. The number of hydrogen-bond donors (Lipinski definition) is 2. The Morgan fingerprint density at radius 2 is 1.67 bits per heavy atom. The highest BCUT2D eigenvalue weighted by Gasteiger charge is 2.15. The zero-order chi connectivity index (χ0) is 14.4. The average Bonchev–Trinajstić information content (AvgIpc) is 2.29. The van der Waals surface area contributed by atoms with Crippen LogP contribution in [-0.4, -0.2) is 19.1 Å².